The lowest BCUT2D eigenvalue weighted by atomic mass is 10.1. The summed E-state index contributed by atoms with van der Waals surface area (Å²) in [6, 6.07) is 6.62. The topological polar surface area (TPSA) is 57.6 Å². The zero-order valence-corrected chi connectivity index (χ0v) is 13.7. The molecule has 20 heavy (non-hydrogen) atoms. The van der Waals surface area contributed by atoms with Crippen molar-refractivity contribution in [3.63, 3.8) is 0 Å². The van der Waals surface area contributed by atoms with E-state index in [9.17, 15) is 13.5 Å². The average Bonchev–Trinajstić information content (AvgIpc) is 2.73. The highest BCUT2D eigenvalue weighted by molar-refractivity contribution is 9.08. The minimum atomic E-state index is -3.51. The molecule has 1 aromatic rings. The van der Waals surface area contributed by atoms with Crippen LogP contribution in [0.4, 0.5) is 0 Å². The number of aliphatic hydroxyl groups is 1. The smallest absolute Gasteiger partial charge is 0.243 e. The molecule has 4 nitrogen and oxygen atoms in total. The first-order valence-corrected chi connectivity index (χ1v) is 9.43. The Kier molecular flexibility index (Phi) is 5.60. The van der Waals surface area contributed by atoms with E-state index in [1.165, 1.54) is 4.31 Å². The maximum Gasteiger partial charge on any atom is 0.243 e. The van der Waals surface area contributed by atoms with Crippen LogP contribution in [0.1, 0.15) is 31.2 Å². The van der Waals surface area contributed by atoms with Crippen molar-refractivity contribution in [2.45, 2.75) is 42.0 Å². The van der Waals surface area contributed by atoms with E-state index in [1.54, 1.807) is 12.1 Å². The van der Waals surface area contributed by atoms with E-state index in [2.05, 4.69) is 15.9 Å². The van der Waals surface area contributed by atoms with Gasteiger partial charge in [-0.3, -0.25) is 0 Å². The van der Waals surface area contributed by atoms with Crippen LogP contribution in [0.2, 0.25) is 0 Å². The van der Waals surface area contributed by atoms with Gasteiger partial charge in [0.1, 0.15) is 0 Å². The Hall–Kier alpha value is -0.430. The van der Waals surface area contributed by atoms with Gasteiger partial charge in [0, 0.05) is 17.9 Å². The van der Waals surface area contributed by atoms with Crippen LogP contribution < -0.4 is 0 Å². The molecule has 1 unspecified atom stereocenters. The summed E-state index contributed by atoms with van der Waals surface area (Å²) < 4.78 is 26.9. The van der Waals surface area contributed by atoms with Crippen molar-refractivity contribution in [1.82, 2.24) is 4.31 Å². The fourth-order valence-corrected chi connectivity index (χ4v) is 4.59. The van der Waals surface area contributed by atoms with Gasteiger partial charge in [-0.05, 0) is 30.5 Å². The molecular weight excluding hydrogens is 342 g/mol. The predicted octanol–water partition coefficient (Wildman–Crippen LogP) is 2.51. The third-order valence-electron chi connectivity index (χ3n) is 3.72. The molecule has 1 fully saturated rings. The number of hydrogen-bond donors (Lipinski definition) is 1. The Bertz CT molecular complexity index is 530. The summed E-state index contributed by atoms with van der Waals surface area (Å²) in [5.74, 6) is 0. The molecule has 1 N–H and O–H groups in total. The number of rotatable bonds is 4. The number of nitrogens with zero attached hydrogens (tertiary/aromatic N) is 1. The Morgan fingerprint density at radius 2 is 1.90 bits per heavy atom. The molecule has 0 radical (unpaired) electrons. The maximum absolute atomic E-state index is 12.7. The molecule has 1 saturated heterocycles. The summed E-state index contributed by atoms with van der Waals surface area (Å²) in [7, 11) is -3.51. The normalized spacial score (nSPS) is 21.6. The van der Waals surface area contributed by atoms with E-state index < -0.39 is 10.0 Å². The third-order valence-corrected chi connectivity index (χ3v) is 6.33. The van der Waals surface area contributed by atoms with Crippen molar-refractivity contribution in [1.29, 1.82) is 0 Å². The average molecular weight is 362 g/mol. The van der Waals surface area contributed by atoms with Crippen molar-refractivity contribution in [2.75, 3.05) is 13.2 Å². The van der Waals surface area contributed by atoms with Gasteiger partial charge in [0.2, 0.25) is 10.0 Å². The highest BCUT2D eigenvalue weighted by Crippen LogP contribution is 2.25. The van der Waals surface area contributed by atoms with Crippen LogP contribution in [0, 0.1) is 0 Å². The van der Waals surface area contributed by atoms with Gasteiger partial charge in [-0.25, -0.2) is 8.42 Å². The highest BCUT2D eigenvalue weighted by Gasteiger charge is 2.31. The molecule has 0 aliphatic carbocycles. The van der Waals surface area contributed by atoms with Gasteiger partial charge in [0.15, 0.2) is 0 Å². The second-order valence-corrected chi connectivity index (χ2v) is 7.53. The van der Waals surface area contributed by atoms with E-state index >= 15 is 0 Å². The molecule has 0 spiro atoms. The standard InChI is InChI=1S/C14H20BrNO3S/c15-10-12-5-7-14(8-6-12)20(18,19)16-9-3-1-2-4-13(16)11-17/h5-8,13,17H,1-4,9-11H2. The molecule has 112 valence electrons. The molecular formula is C14H20BrNO3S. The molecule has 0 bridgehead atoms. The van der Waals surface area contributed by atoms with Gasteiger partial charge >= 0.3 is 0 Å². The Balaban J connectivity index is 2.30. The number of halogens is 1. The Labute approximate surface area is 129 Å². The molecule has 1 aromatic carbocycles. The first-order valence-electron chi connectivity index (χ1n) is 6.87. The third kappa shape index (κ3) is 3.42. The lowest BCUT2D eigenvalue weighted by Gasteiger charge is -2.27. The van der Waals surface area contributed by atoms with E-state index in [0.29, 0.717) is 16.8 Å². The molecule has 0 saturated carbocycles. The number of sulfonamides is 1. The monoisotopic (exact) mass is 361 g/mol. The second-order valence-electron chi connectivity index (χ2n) is 5.08. The van der Waals surface area contributed by atoms with E-state index in [-0.39, 0.29) is 12.6 Å². The van der Waals surface area contributed by atoms with Crippen molar-refractivity contribution in [3.8, 4) is 0 Å². The molecule has 1 aliphatic rings. The first-order chi connectivity index (χ1) is 9.59. The minimum absolute atomic E-state index is 0.112. The molecule has 1 heterocycles. The number of benzene rings is 1. The molecule has 1 aliphatic heterocycles. The molecule has 0 aromatic heterocycles. The first kappa shape index (κ1) is 15.9. The second kappa shape index (κ2) is 7.02. The predicted molar refractivity (Wildman–Crippen MR) is 82.3 cm³/mol. The lowest BCUT2D eigenvalue weighted by molar-refractivity contribution is 0.186. The molecule has 6 heteroatoms. The quantitative estimate of drug-likeness (QED) is 0.838. The van der Waals surface area contributed by atoms with Crippen molar-refractivity contribution in [2.24, 2.45) is 0 Å². The summed E-state index contributed by atoms with van der Waals surface area (Å²) in [6.07, 6.45) is 3.58. The molecule has 0 amide bonds. The zero-order valence-electron chi connectivity index (χ0n) is 11.3. The van der Waals surface area contributed by atoms with Crippen LogP contribution >= 0.6 is 15.9 Å². The van der Waals surface area contributed by atoms with E-state index in [1.807, 2.05) is 12.1 Å². The SMILES string of the molecule is O=S(=O)(c1ccc(CBr)cc1)N1CCCCCC1CO. The molecule has 2 rings (SSSR count). The van der Waals surface area contributed by atoms with Crippen LogP contribution in [-0.2, 0) is 15.4 Å². The van der Waals surface area contributed by atoms with Crippen molar-refractivity contribution < 1.29 is 13.5 Å². The van der Waals surface area contributed by atoms with Gasteiger partial charge in [-0.15, -0.1) is 0 Å². The van der Waals surface area contributed by atoms with Gasteiger partial charge < -0.3 is 5.11 Å². The van der Waals surface area contributed by atoms with Gasteiger partial charge in [0.05, 0.1) is 11.5 Å². The summed E-state index contributed by atoms with van der Waals surface area (Å²) in [5, 5.41) is 10.2. The Morgan fingerprint density at radius 3 is 2.50 bits per heavy atom. The van der Waals surface area contributed by atoms with Gasteiger partial charge in [0.25, 0.3) is 0 Å². The summed E-state index contributed by atoms with van der Waals surface area (Å²) >= 11 is 3.35. The van der Waals surface area contributed by atoms with Crippen LogP contribution in [0.15, 0.2) is 29.2 Å². The van der Waals surface area contributed by atoms with Crippen LogP contribution in [-0.4, -0.2) is 37.0 Å². The number of hydrogen-bond acceptors (Lipinski definition) is 3. The van der Waals surface area contributed by atoms with Gasteiger partial charge in [-0.2, -0.15) is 4.31 Å². The van der Waals surface area contributed by atoms with Crippen molar-refractivity contribution >= 4 is 26.0 Å². The fourth-order valence-electron chi connectivity index (χ4n) is 2.54. The summed E-state index contributed by atoms with van der Waals surface area (Å²) in [5.41, 5.74) is 1.04. The summed E-state index contributed by atoms with van der Waals surface area (Å²) in [6.45, 7) is 0.381. The van der Waals surface area contributed by atoms with Crippen LogP contribution in [0.3, 0.4) is 0 Å². The van der Waals surface area contributed by atoms with E-state index in [4.69, 9.17) is 0 Å². The highest BCUT2D eigenvalue weighted by atomic mass is 79.9. The Morgan fingerprint density at radius 1 is 1.20 bits per heavy atom. The number of aliphatic hydroxyl groups excluding tert-OH is 1. The number of alkyl halides is 1. The summed E-state index contributed by atoms with van der Waals surface area (Å²) in [4.78, 5) is 0.308. The lowest BCUT2D eigenvalue weighted by Crippen LogP contribution is -2.42. The molecule has 1 atom stereocenters. The fraction of sp³-hybridized carbons (Fsp3) is 0.571. The minimum Gasteiger partial charge on any atom is -0.395 e. The van der Waals surface area contributed by atoms with Crippen molar-refractivity contribution in [3.05, 3.63) is 29.8 Å². The van der Waals surface area contributed by atoms with Crippen LogP contribution in [0.5, 0.6) is 0 Å². The maximum atomic E-state index is 12.7. The largest absolute Gasteiger partial charge is 0.395 e. The van der Waals surface area contributed by atoms with Gasteiger partial charge in [-0.1, -0.05) is 40.9 Å². The van der Waals surface area contributed by atoms with E-state index in [0.717, 1.165) is 31.2 Å². The van der Waals surface area contributed by atoms with Crippen LogP contribution in [0.25, 0.3) is 0 Å². The zero-order chi connectivity index (χ0) is 14.6.